The number of halogens is 2. The number of rotatable bonds is 2. The molecule has 1 heterocycles. The van der Waals surface area contributed by atoms with Crippen LogP contribution in [-0.2, 0) is 0 Å². The molecule has 2 unspecified atom stereocenters. The van der Waals surface area contributed by atoms with E-state index in [-0.39, 0.29) is 6.10 Å². The molecule has 2 atom stereocenters. The highest BCUT2D eigenvalue weighted by Gasteiger charge is 2.28. The lowest BCUT2D eigenvalue weighted by molar-refractivity contribution is 0.0457. The van der Waals surface area contributed by atoms with Crippen LogP contribution in [0.4, 0.5) is 0 Å². The lowest BCUT2D eigenvalue weighted by Gasteiger charge is -2.29. The molecule has 0 saturated carbocycles. The molecule has 1 aliphatic rings. The molecule has 5 heteroatoms. The van der Waals surface area contributed by atoms with E-state index in [0.29, 0.717) is 21.4 Å². The Morgan fingerprint density at radius 2 is 1.95 bits per heavy atom. The van der Waals surface area contributed by atoms with E-state index in [0.717, 1.165) is 10.6 Å². The number of fused-ring (bicyclic) bond motifs is 1. The van der Waals surface area contributed by atoms with Crippen molar-refractivity contribution in [2.75, 3.05) is 5.75 Å². The van der Waals surface area contributed by atoms with Gasteiger partial charge in [-0.05, 0) is 29.8 Å². The molecule has 104 valence electrons. The average Bonchev–Trinajstić information content (AvgIpc) is 2.49. The molecule has 0 radical (unpaired) electrons. The Labute approximate surface area is 131 Å². The number of hydrogen-bond donors (Lipinski definition) is 1. The standard InChI is InChI=1S/C15H12Cl2O2S/c16-10-6-5-9(7-11(10)17)15(18)13-8-20-14-4-2-1-3-12(14)19-13/h1-7,13,15,18H,8H2. The van der Waals surface area contributed by atoms with Crippen molar-refractivity contribution in [1.29, 1.82) is 0 Å². The second kappa shape index (κ2) is 5.86. The van der Waals surface area contributed by atoms with E-state index >= 15 is 0 Å². The number of hydrogen-bond acceptors (Lipinski definition) is 3. The molecule has 0 fully saturated rings. The van der Waals surface area contributed by atoms with Crippen LogP contribution in [0.3, 0.4) is 0 Å². The van der Waals surface area contributed by atoms with Crippen LogP contribution in [0, 0.1) is 0 Å². The molecule has 0 bridgehead atoms. The summed E-state index contributed by atoms with van der Waals surface area (Å²) in [7, 11) is 0. The molecular formula is C15H12Cl2O2S. The summed E-state index contributed by atoms with van der Waals surface area (Å²) in [4.78, 5) is 1.10. The molecule has 2 nitrogen and oxygen atoms in total. The van der Waals surface area contributed by atoms with E-state index in [9.17, 15) is 5.11 Å². The summed E-state index contributed by atoms with van der Waals surface area (Å²) in [5, 5.41) is 11.4. The summed E-state index contributed by atoms with van der Waals surface area (Å²) in [5.41, 5.74) is 0.712. The fourth-order valence-electron chi connectivity index (χ4n) is 2.10. The molecule has 1 N–H and O–H groups in total. The van der Waals surface area contributed by atoms with Crippen molar-refractivity contribution in [1.82, 2.24) is 0 Å². The van der Waals surface area contributed by atoms with Gasteiger partial charge < -0.3 is 9.84 Å². The number of benzene rings is 2. The Morgan fingerprint density at radius 1 is 1.15 bits per heavy atom. The third kappa shape index (κ3) is 2.77. The third-order valence-corrected chi connectivity index (χ3v) is 5.05. The monoisotopic (exact) mass is 326 g/mol. The van der Waals surface area contributed by atoms with Crippen LogP contribution in [0.25, 0.3) is 0 Å². The van der Waals surface area contributed by atoms with Gasteiger partial charge in [-0.15, -0.1) is 11.8 Å². The quantitative estimate of drug-likeness (QED) is 0.875. The van der Waals surface area contributed by atoms with E-state index in [2.05, 4.69) is 0 Å². The van der Waals surface area contributed by atoms with Crippen molar-refractivity contribution in [3.63, 3.8) is 0 Å². The Hall–Kier alpha value is -0.870. The zero-order chi connectivity index (χ0) is 14.1. The van der Waals surface area contributed by atoms with Crippen molar-refractivity contribution < 1.29 is 9.84 Å². The largest absolute Gasteiger partial charge is 0.485 e. The summed E-state index contributed by atoms with van der Waals surface area (Å²) >= 11 is 13.6. The van der Waals surface area contributed by atoms with Gasteiger partial charge in [0.25, 0.3) is 0 Å². The maximum Gasteiger partial charge on any atom is 0.138 e. The predicted octanol–water partition coefficient (Wildman–Crippen LogP) is 4.58. The van der Waals surface area contributed by atoms with E-state index < -0.39 is 6.10 Å². The number of thioether (sulfide) groups is 1. The predicted molar refractivity (Wildman–Crippen MR) is 83.0 cm³/mol. The lowest BCUT2D eigenvalue weighted by Crippen LogP contribution is -2.30. The molecular weight excluding hydrogens is 315 g/mol. The minimum atomic E-state index is -0.731. The smallest absolute Gasteiger partial charge is 0.138 e. The second-order valence-corrected chi connectivity index (χ2v) is 6.41. The number of ether oxygens (including phenoxy) is 1. The normalized spacial score (nSPS) is 19.1. The summed E-state index contributed by atoms with van der Waals surface area (Å²) in [6.07, 6.45) is -1.03. The molecule has 0 aliphatic carbocycles. The fourth-order valence-corrected chi connectivity index (χ4v) is 3.44. The molecule has 0 aromatic heterocycles. The van der Waals surface area contributed by atoms with Gasteiger partial charge in [-0.3, -0.25) is 0 Å². The van der Waals surface area contributed by atoms with Crippen LogP contribution in [0.5, 0.6) is 5.75 Å². The van der Waals surface area contributed by atoms with Gasteiger partial charge in [-0.25, -0.2) is 0 Å². The maximum absolute atomic E-state index is 10.4. The summed E-state index contributed by atoms with van der Waals surface area (Å²) in [6, 6.07) is 13.0. The van der Waals surface area contributed by atoms with E-state index in [1.807, 2.05) is 24.3 Å². The average molecular weight is 327 g/mol. The molecule has 3 rings (SSSR count). The molecule has 0 spiro atoms. The van der Waals surface area contributed by atoms with Crippen molar-refractivity contribution in [2.45, 2.75) is 17.1 Å². The molecule has 0 saturated heterocycles. The first-order chi connectivity index (χ1) is 9.65. The topological polar surface area (TPSA) is 29.5 Å². The van der Waals surface area contributed by atoms with Crippen LogP contribution < -0.4 is 4.74 Å². The zero-order valence-electron chi connectivity index (χ0n) is 10.4. The molecule has 2 aromatic carbocycles. The summed E-state index contributed by atoms with van der Waals surface area (Å²) in [5.74, 6) is 1.51. The second-order valence-electron chi connectivity index (χ2n) is 4.53. The van der Waals surface area contributed by atoms with Gasteiger partial charge in [-0.1, -0.05) is 41.4 Å². The molecule has 2 aromatic rings. The molecule has 20 heavy (non-hydrogen) atoms. The van der Waals surface area contributed by atoms with Gasteiger partial charge in [0.15, 0.2) is 0 Å². The molecule has 0 amide bonds. The zero-order valence-corrected chi connectivity index (χ0v) is 12.8. The van der Waals surface area contributed by atoms with Gasteiger partial charge in [0.1, 0.15) is 18.0 Å². The Bertz CT molecular complexity index is 633. The number of aliphatic hydroxyl groups excluding tert-OH is 1. The highest BCUT2D eigenvalue weighted by atomic mass is 35.5. The fraction of sp³-hybridized carbons (Fsp3) is 0.200. The Balaban J connectivity index is 1.82. The minimum absolute atomic E-state index is 0.299. The highest BCUT2D eigenvalue weighted by molar-refractivity contribution is 7.99. The van der Waals surface area contributed by atoms with E-state index in [4.69, 9.17) is 27.9 Å². The SMILES string of the molecule is OC(c1ccc(Cl)c(Cl)c1)C1CSc2ccccc2O1. The van der Waals surface area contributed by atoms with E-state index in [1.54, 1.807) is 30.0 Å². The van der Waals surface area contributed by atoms with Crippen molar-refractivity contribution >= 4 is 35.0 Å². The van der Waals surface area contributed by atoms with E-state index in [1.165, 1.54) is 0 Å². The molecule has 1 aliphatic heterocycles. The summed E-state index contributed by atoms with van der Waals surface area (Å²) in [6.45, 7) is 0. The van der Waals surface area contributed by atoms with Gasteiger partial charge in [0.05, 0.1) is 10.0 Å². The van der Waals surface area contributed by atoms with Crippen molar-refractivity contribution in [3.05, 3.63) is 58.1 Å². The van der Waals surface area contributed by atoms with Gasteiger partial charge >= 0.3 is 0 Å². The van der Waals surface area contributed by atoms with Crippen LogP contribution in [-0.4, -0.2) is 17.0 Å². The Morgan fingerprint density at radius 3 is 2.75 bits per heavy atom. The van der Waals surface area contributed by atoms with Crippen LogP contribution >= 0.6 is 35.0 Å². The first-order valence-electron chi connectivity index (χ1n) is 6.16. The van der Waals surface area contributed by atoms with Gasteiger partial charge in [0, 0.05) is 10.6 Å². The van der Waals surface area contributed by atoms with Crippen molar-refractivity contribution in [3.8, 4) is 5.75 Å². The first-order valence-corrected chi connectivity index (χ1v) is 7.91. The Kier molecular flexibility index (Phi) is 4.13. The van der Waals surface area contributed by atoms with Crippen molar-refractivity contribution in [2.24, 2.45) is 0 Å². The van der Waals surface area contributed by atoms with Gasteiger partial charge in [-0.2, -0.15) is 0 Å². The first kappa shape index (κ1) is 14.1. The van der Waals surface area contributed by atoms with Crippen LogP contribution in [0.1, 0.15) is 11.7 Å². The highest BCUT2D eigenvalue weighted by Crippen LogP contribution is 2.38. The van der Waals surface area contributed by atoms with Crippen LogP contribution in [0.2, 0.25) is 10.0 Å². The van der Waals surface area contributed by atoms with Gasteiger partial charge in [0.2, 0.25) is 0 Å². The lowest BCUT2D eigenvalue weighted by atomic mass is 10.1. The third-order valence-electron chi connectivity index (χ3n) is 3.17. The minimum Gasteiger partial charge on any atom is -0.485 e. The maximum atomic E-state index is 10.4. The number of aliphatic hydroxyl groups is 1. The summed E-state index contributed by atoms with van der Waals surface area (Å²) < 4.78 is 5.87. The number of para-hydroxylation sites is 1. The van der Waals surface area contributed by atoms with Crippen LogP contribution in [0.15, 0.2) is 47.4 Å².